The van der Waals surface area contributed by atoms with E-state index < -0.39 is 5.82 Å². The fourth-order valence-electron chi connectivity index (χ4n) is 1.16. The van der Waals surface area contributed by atoms with E-state index in [1.54, 1.807) is 5.51 Å². The van der Waals surface area contributed by atoms with Gasteiger partial charge in [0.25, 0.3) is 5.91 Å². The van der Waals surface area contributed by atoms with Crippen LogP contribution in [0, 0.1) is 5.82 Å². The molecule has 2 rings (SSSR count). The predicted molar refractivity (Wildman–Crippen MR) is 60.9 cm³/mol. The molecule has 2 aromatic rings. The number of aromatic nitrogens is 1. The van der Waals surface area contributed by atoms with Gasteiger partial charge < -0.3 is 11.1 Å². The Hall–Kier alpha value is -1.95. The van der Waals surface area contributed by atoms with Crippen LogP contribution in [0.2, 0.25) is 0 Å². The summed E-state index contributed by atoms with van der Waals surface area (Å²) in [6.45, 7) is 0. The molecule has 0 atom stereocenters. The van der Waals surface area contributed by atoms with E-state index in [0.29, 0.717) is 10.6 Å². The van der Waals surface area contributed by atoms with Gasteiger partial charge in [0, 0.05) is 0 Å². The number of thiazole rings is 1. The largest absolute Gasteiger partial charge is 0.397 e. The SMILES string of the molecule is Nc1cc(F)ccc1NC(=O)c1cncs1. The summed E-state index contributed by atoms with van der Waals surface area (Å²) < 4.78 is 12.8. The number of anilines is 2. The van der Waals surface area contributed by atoms with Crippen molar-refractivity contribution in [3.05, 3.63) is 40.6 Å². The van der Waals surface area contributed by atoms with Crippen molar-refractivity contribution >= 4 is 28.6 Å². The average Bonchev–Trinajstić information content (AvgIpc) is 2.75. The van der Waals surface area contributed by atoms with Crippen molar-refractivity contribution in [1.82, 2.24) is 4.98 Å². The van der Waals surface area contributed by atoms with Crippen LogP contribution < -0.4 is 11.1 Å². The van der Waals surface area contributed by atoms with Crippen molar-refractivity contribution in [2.45, 2.75) is 0 Å². The van der Waals surface area contributed by atoms with E-state index in [0.717, 1.165) is 6.07 Å². The summed E-state index contributed by atoms with van der Waals surface area (Å²) in [5.41, 5.74) is 7.70. The molecule has 82 valence electrons. The average molecular weight is 237 g/mol. The van der Waals surface area contributed by atoms with Crippen LogP contribution >= 0.6 is 11.3 Å². The molecule has 1 aromatic heterocycles. The minimum Gasteiger partial charge on any atom is -0.397 e. The number of carbonyl (C=O) groups is 1. The normalized spacial score (nSPS) is 10.1. The Morgan fingerprint density at radius 1 is 1.50 bits per heavy atom. The van der Waals surface area contributed by atoms with Gasteiger partial charge in [-0.2, -0.15) is 0 Å². The van der Waals surface area contributed by atoms with Crippen LogP contribution in [-0.4, -0.2) is 10.9 Å². The number of nitrogens with two attached hydrogens (primary N) is 1. The van der Waals surface area contributed by atoms with Gasteiger partial charge in [-0.3, -0.25) is 9.78 Å². The van der Waals surface area contributed by atoms with E-state index >= 15 is 0 Å². The van der Waals surface area contributed by atoms with Gasteiger partial charge >= 0.3 is 0 Å². The highest BCUT2D eigenvalue weighted by atomic mass is 32.1. The van der Waals surface area contributed by atoms with Crippen LogP contribution in [0.25, 0.3) is 0 Å². The fraction of sp³-hybridized carbons (Fsp3) is 0. The molecule has 0 aliphatic heterocycles. The summed E-state index contributed by atoms with van der Waals surface area (Å²) in [5, 5.41) is 2.58. The topological polar surface area (TPSA) is 68.0 Å². The summed E-state index contributed by atoms with van der Waals surface area (Å²) in [6.07, 6.45) is 1.46. The smallest absolute Gasteiger partial charge is 0.267 e. The first kappa shape index (κ1) is 10.6. The van der Waals surface area contributed by atoms with E-state index in [4.69, 9.17) is 5.73 Å². The Morgan fingerprint density at radius 2 is 2.31 bits per heavy atom. The van der Waals surface area contributed by atoms with Crippen molar-refractivity contribution in [2.24, 2.45) is 0 Å². The third-order valence-corrected chi connectivity index (χ3v) is 2.69. The van der Waals surface area contributed by atoms with Crippen LogP contribution in [0.5, 0.6) is 0 Å². The first-order chi connectivity index (χ1) is 7.66. The summed E-state index contributed by atoms with van der Waals surface area (Å²) in [5.74, 6) is -0.742. The fourth-order valence-corrected chi connectivity index (χ4v) is 1.67. The minimum absolute atomic E-state index is 0.192. The standard InChI is InChI=1S/C10H8FN3OS/c11-6-1-2-8(7(12)3-6)14-10(15)9-4-13-5-16-9/h1-5H,12H2,(H,14,15). The molecule has 1 amide bonds. The Morgan fingerprint density at radius 3 is 2.94 bits per heavy atom. The van der Waals surface area contributed by atoms with Crippen LogP contribution in [0.1, 0.15) is 9.67 Å². The lowest BCUT2D eigenvalue weighted by Crippen LogP contribution is -2.11. The maximum Gasteiger partial charge on any atom is 0.267 e. The molecule has 0 unspecified atom stereocenters. The van der Waals surface area contributed by atoms with Crippen molar-refractivity contribution in [3.63, 3.8) is 0 Å². The molecule has 6 heteroatoms. The van der Waals surface area contributed by atoms with Crippen molar-refractivity contribution in [3.8, 4) is 0 Å². The van der Waals surface area contributed by atoms with Gasteiger partial charge in [0.15, 0.2) is 0 Å². The Labute approximate surface area is 94.9 Å². The van der Waals surface area contributed by atoms with Crippen molar-refractivity contribution in [2.75, 3.05) is 11.1 Å². The molecule has 3 N–H and O–H groups in total. The second-order valence-corrected chi connectivity index (χ2v) is 3.94. The molecule has 4 nitrogen and oxygen atoms in total. The Bertz CT molecular complexity index is 513. The van der Waals surface area contributed by atoms with Crippen molar-refractivity contribution in [1.29, 1.82) is 0 Å². The summed E-state index contributed by atoms with van der Waals surface area (Å²) in [4.78, 5) is 15.9. The lowest BCUT2D eigenvalue weighted by Gasteiger charge is -2.06. The molecule has 0 aliphatic rings. The number of rotatable bonds is 2. The second kappa shape index (κ2) is 4.28. The first-order valence-corrected chi connectivity index (χ1v) is 5.29. The molecule has 0 aliphatic carbocycles. The zero-order chi connectivity index (χ0) is 11.5. The van der Waals surface area contributed by atoms with Gasteiger partial charge in [0.1, 0.15) is 10.7 Å². The van der Waals surface area contributed by atoms with Gasteiger partial charge in [0.05, 0.1) is 23.1 Å². The van der Waals surface area contributed by atoms with E-state index in [9.17, 15) is 9.18 Å². The highest BCUT2D eigenvalue weighted by molar-refractivity contribution is 7.11. The van der Waals surface area contributed by atoms with E-state index in [-0.39, 0.29) is 11.6 Å². The third kappa shape index (κ3) is 2.17. The van der Waals surface area contributed by atoms with Crippen molar-refractivity contribution < 1.29 is 9.18 Å². The molecule has 0 radical (unpaired) electrons. The lowest BCUT2D eigenvalue weighted by molar-refractivity contribution is 0.103. The van der Waals surface area contributed by atoms with Crippen LogP contribution in [0.15, 0.2) is 29.9 Å². The van der Waals surface area contributed by atoms with Gasteiger partial charge in [0.2, 0.25) is 0 Å². The summed E-state index contributed by atoms with van der Waals surface area (Å²) in [6, 6.07) is 3.81. The number of carbonyl (C=O) groups excluding carboxylic acids is 1. The number of hydrogen-bond donors (Lipinski definition) is 2. The van der Waals surface area contributed by atoms with Gasteiger partial charge in [-0.25, -0.2) is 4.39 Å². The zero-order valence-electron chi connectivity index (χ0n) is 8.11. The quantitative estimate of drug-likeness (QED) is 0.786. The van der Waals surface area contributed by atoms with E-state index in [1.165, 1.54) is 29.7 Å². The maximum absolute atomic E-state index is 12.8. The summed E-state index contributed by atoms with van der Waals surface area (Å²) >= 11 is 1.22. The molecule has 0 fully saturated rings. The molecule has 0 spiro atoms. The number of halogens is 1. The van der Waals surface area contributed by atoms with Crippen LogP contribution in [0.3, 0.4) is 0 Å². The molecule has 0 bridgehead atoms. The van der Waals surface area contributed by atoms with Gasteiger partial charge in [-0.1, -0.05) is 0 Å². The molecular weight excluding hydrogens is 229 g/mol. The predicted octanol–water partition coefficient (Wildman–Crippen LogP) is 2.12. The molecule has 1 heterocycles. The monoisotopic (exact) mass is 237 g/mol. The molecule has 0 saturated heterocycles. The molecule has 1 aromatic carbocycles. The highest BCUT2D eigenvalue weighted by Crippen LogP contribution is 2.20. The van der Waals surface area contributed by atoms with Gasteiger partial charge in [-0.15, -0.1) is 11.3 Å². The number of nitrogen functional groups attached to an aromatic ring is 1. The molecule has 0 saturated carbocycles. The maximum atomic E-state index is 12.8. The Balaban J connectivity index is 2.18. The number of nitrogens with zero attached hydrogens (tertiary/aromatic N) is 1. The second-order valence-electron chi connectivity index (χ2n) is 3.05. The minimum atomic E-state index is -0.437. The Kier molecular flexibility index (Phi) is 2.82. The van der Waals surface area contributed by atoms with Crippen LogP contribution in [-0.2, 0) is 0 Å². The van der Waals surface area contributed by atoms with E-state index in [1.807, 2.05) is 0 Å². The van der Waals surface area contributed by atoms with Gasteiger partial charge in [-0.05, 0) is 18.2 Å². The molecular formula is C10H8FN3OS. The number of benzene rings is 1. The highest BCUT2D eigenvalue weighted by Gasteiger charge is 2.09. The number of amides is 1. The third-order valence-electron chi connectivity index (χ3n) is 1.92. The lowest BCUT2D eigenvalue weighted by atomic mass is 10.2. The molecule has 16 heavy (non-hydrogen) atoms. The van der Waals surface area contributed by atoms with Crippen LogP contribution in [0.4, 0.5) is 15.8 Å². The zero-order valence-corrected chi connectivity index (χ0v) is 8.92. The number of nitrogens with one attached hydrogen (secondary N) is 1. The first-order valence-electron chi connectivity index (χ1n) is 4.41. The van der Waals surface area contributed by atoms with E-state index in [2.05, 4.69) is 10.3 Å². The summed E-state index contributed by atoms with van der Waals surface area (Å²) in [7, 11) is 0. The number of hydrogen-bond acceptors (Lipinski definition) is 4.